The molecule has 0 amide bonds. The largest absolute Gasteiger partial charge is 0.492 e. The lowest BCUT2D eigenvalue weighted by Crippen LogP contribution is -2.11. The van der Waals surface area contributed by atoms with E-state index in [1.165, 1.54) is 6.07 Å². The van der Waals surface area contributed by atoms with Gasteiger partial charge in [0, 0.05) is 18.2 Å². The number of nitrogens with zero attached hydrogens (tertiary/aromatic N) is 1. The van der Waals surface area contributed by atoms with E-state index in [0.717, 1.165) is 5.56 Å². The van der Waals surface area contributed by atoms with Crippen molar-refractivity contribution in [2.24, 2.45) is 5.73 Å². The van der Waals surface area contributed by atoms with E-state index in [4.69, 9.17) is 16.2 Å². The molecule has 0 bridgehead atoms. The van der Waals surface area contributed by atoms with E-state index >= 15 is 0 Å². The molecule has 0 aliphatic carbocycles. The van der Waals surface area contributed by atoms with Gasteiger partial charge in [0.05, 0.1) is 0 Å². The molecule has 0 aliphatic heterocycles. The lowest BCUT2D eigenvalue weighted by molar-refractivity contribution is 0.328. The Kier molecular flexibility index (Phi) is 3.59. The van der Waals surface area contributed by atoms with Crippen LogP contribution in [0.1, 0.15) is 0 Å². The van der Waals surface area contributed by atoms with E-state index in [1.807, 2.05) is 18.2 Å². The highest BCUT2D eigenvalue weighted by atomic mass is 16.5. The molecule has 2 aromatic rings. The summed E-state index contributed by atoms with van der Waals surface area (Å²) in [6.07, 6.45) is 0. The van der Waals surface area contributed by atoms with Crippen LogP contribution >= 0.6 is 0 Å². The Labute approximate surface area is 104 Å². The van der Waals surface area contributed by atoms with Crippen molar-refractivity contribution in [1.29, 1.82) is 0 Å². The topological polar surface area (TPSA) is 107 Å². The molecule has 1 aromatic carbocycles. The second kappa shape index (κ2) is 5.33. The number of hydrogen-bond donors (Lipinski definition) is 3. The fourth-order valence-corrected chi connectivity index (χ4v) is 1.52. The standard InChI is InChI=1S/C12H14N4O2/c13-4-5-18-9-3-1-2-8(6-9)12-15-10(14)7-11(17)16-12/h1-3,6-7H,4-5,13H2,(H3,14,15,16,17). The first kappa shape index (κ1) is 12.1. The monoisotopic (exact) mass is 246 g/mol. The maximum Gasteiger partial charge on any atom is 0.253 e. The summed E-state index contributed by atoms with van der Waals surface area (Å²) < 4.78 is 5.40. The summed E-state index contributed by atoms with van der Waals surface area (Å²) in [6.45, 7) is 0.877. The average Bonchev–Trinajstić information content (AvgIpc) is 2.35. The highest BCUT2D eigenvalue weighted by Gasteiger charge is 2.03. The normalized spacial score (nSPS) is 10.3. The van der Waals surface area contributed by atoms with Crippen molar-refractivity contribution >= 4 is 5.82 Å². The van der Waals surface area contributed by atoms with Crippen molar-refractivity contribution < 1.29 is 4.74 Å². The number of benzene rings is 1. The van der Waals surface area contributed by atoms with Gasteiger partial charge in [-0.15, -0.1) is 0 Å². The van der Waals surface area contributed by atoms with Crippen LogP contribution in [0.15, 0.2) is 35.1 Å². The van der Waals surface area contributed by atoms with Gasteiger partial charge in [0.25, 0.3) is 5.56 Å². The number of rotatable bonds is 4. The van der Waals surface area contributed by atoms with Gasteiger partial charge in [0.15, 0.2) is 0 Å². The predicted octanol–water partition coefficient (Wildman–Crippen LogP) is 0.357. The Morgan fingerprint density at radius 1 is 1.33 bits per heavy atom. The van der Waals surface area contributed by atoms with E-state index in [1.54, 1.807) is 6.07 Å². The molecule has 94 valence electrons. The van der Waals surface area contributed by atoms with Crippen LogP contribution in [0.2, 0.25) is 0 Å². The van der Waals surface area contributed by atoms with E-state index in [9.17, 15) is 4.79 Å². The molecule has 6 heteroatoms. The molecule has 0 saturated carbocycles. The quantitative estimate of drug-likeness (QED) is 0.721. The van der Waals surface area contributed by atoms with Gasteiger partial charge in [-0.2, -0.15) is 0 Å². The summed E-state index contributed by atoms with van der Waals surface area (Å²) in [5.74, 6) is 1.27. The predicted molar refractivity (Wildman–Crippen MR) is 69.3 cm³/mol. The van der Waals surface area contributed by atoms with Crippen molar-refractivity contribution in [2.45, 2.75) is 0 Å². The van der Waals surface area contributed by atoms with Crippen molar-refractivity contribution in [3.63, 3.8) is 0 Å². The Morgan fingerprint density at radius 3 is 2.89 bits per heavy atom. The van der Waals surface area contributed by atoms with Gasteiger partial charge in [0.1, 0.15) is 24.0 Å². The summed E-state index contributed by atoms with van der Waals surface area (Å²) in [4.78, 5) is 18.0. The van der Waals surface area contributed by atoms with Crippen LogP contribution in [0.25, 0.3) is 11.4 Å². The van der Waals surface area contributed by atoms with Crippen molar-refractivity contribution in [2.75, 3.05) is 18.9 Å². The van der Waals surface area contributed by atoms with Crippen LogP contribution in [0, 0.1) is 0 Å². The van der Waals surface area contributed by atoms with Gasteiger partial charge in [0.2, 0.25) is 0 Å². The molecule has 0 atom stereocenters. The van der Waals surface area contributed by atoms with Crippen molar-refractivity contribution in [3.8, 4) is 17.1 Å². The van der Waals surface area contributed by atoms with Gasteiger partial charge in [-0.3, -0.25) is 4.79 Å². The van der Waals surface area contributed by atoms with Crippen molar-refractivity contribution in [1.82, 2.24) is 9.97 Å². The van der Waals surface area contributed by atoms with Crippen LogP contribution < -0.4 is 21.8 Å². The zero-order valence-corrected chi connectivity index (χ0v) is 9.72. The summed E-state index contributed by atoms with van der Waals surface area (Å²) in [7, 11) is 0. The molecule has 1 aromatic heterocycles. The summed E-state index contributed by atoms with van der Waals surface area (Å²) in [6, 6.07) is 8.44. The molecule has 0 unspecified atom stereocenters. The average molecular weight is 246 g/mol. The van der Waals surface area contributed by atoms with E-state index < -0.39 is 0 Å². The zero-order chi connectivity index (χ0) is 13.0. The number of aromatic nitrogens is 2. The Balaban J connectivity index is 2.35. The van der Waals surface area contributed by atoms with Crippen LogP contribution in [0.5, 0.6) is 5.75 Å². The molecule has 18 heavy (non-hydrogen) atoms. The fraction of sp³-hybridized carbons (Fsp3) is 0.167. The molecular weight excluding hydrogens is 232 g/mol. The number of anilines is 1. The zero-order valence-electron chi connectivity index (χ0n) is 9.72. The molecule has 0 fully saturated rings. The SMILES string of the molecule is NCCOc1cccc(-c2nc(N)cc(=O)[nH]2)c1. The van der Waals surface area contributed by atoms with E-state index in [0.29, 0.717) is 24.7 Å². The second-order valence-corrected chi connectivity index (χ2v) is 3.68. The van der Waals surface area contributed by atoms with Crippen LogP contribution in [0.3, 0.4) is 0 Å². The molecule has 6 nitrogen and oxygen atoms in total. The minimum absolute atomic E-state index is 0.182. The molecule has 5 N–H and O–H groups in total. The molecular formula is C12H14N4O2. The van der Waals surface area contributed by atoms with Crippen LogP contribution in [-0.4, -0.2) is 23.1 Å². The van der Waals surface area contributed by atoms with Gasteiger partial charge < -0.3 is 21.2 Å². The lowest BCUT2D eigenvalue weighted by atomic mass is 10.2. The van der Waals surface area contributed by atoms with Gasteiger partial charge >= 0.3 is 0 Å². The van der Waals surface area contributed by atoms with Gasteiger partial charge in [-0.1, -0.05) is 12.1 Å². The maximum absolute atomic E-state index is 11.3. The fourth-order valence-electron chi connectivity index (χ4n) is 1.52. The van der Waals surface area contributed by atoms with Gasteiger partial charge in [-0.25, -0.2) is 4.98 Å². The summed E-state index contributed by atoms with van der Waals surface area (Å²) in [5.41, 5.74) is 11.3. The third-order valence-electron chi connectivity index (χ3n) is 2.26. The van der Waals surface area contributed by atoms with E-state index in [2.05, 4.69) is 9.97 Å². The first-order valence-electron chi connectivity index (χ1n) is 5.49. The molecule has 2 rings (SSSR count). The maximum atomic E-state index is 11.3. The van der Waals surface area contributed by atoms with Crippen LogP contribution in [0.4, 0.5) is 5.82 Å². The minimum atomic E-state index is -0.286. The highest BCUT2D eigenvalue weighted by molar-refractivity contribution is 5.58. The number of hydrogen-bond acceptors (Lipinski definition) is 5. The molecule has 0 spiro atoms. The first-order chi connectivity index (χ1) is 8.69. The van der Waals surface area contributed by atoms with Crippen LogP contribution in [-0.2, 0) is 0 Å². The molecule has 1 heterocycles. The number of aromatic amines is 1. The van der Waals surface area contributed by atoms with E-state index in [-0.39, 0.29) is 11.4 Å². The minimum Gasteiger partial charge on any atom is -0.492 e. The molecule has 0 radical (unpaired) electrons. The number of H-pyrrole nitrogens is 1. The first-order valence-corrected chi connectivity index (χ1v) is 5.49. The highest BCUT2D eigenvalue weighted by Crippen LogP contribution is 2.20. The smallest absolute Gasteiger partial charge is 0.253 e. The summed E-state index contributed by atoms with van der Waals surface area (Å²) in [5, 5.41) is 0. The Bertz CT molecular complexity index is 595. The third kappa shape index (κ3) is 2.86. The lowest BCUT2D eigenvalue weighted by Gasteiger charge is -2.06. The van der Waals surface area contributed by atoms with Gasteiger partial charge in [-0.05, 0) is 12.1 Å². The molecule has 0 aliphatic rings. The van der Waals surface area contributed by atoms with Crippen molar-refractivity contribution in [3.05, 3.63) is 40.7 Å². The number of nitrogen functional groups attached to an aromatic ring is 1. The Morgan fingerprint density at radius 2 is 2.17 bits per heavy atom. The third-order valence-corrected chi connectivity index (χ3v) is 2.26. The second-order valence-electron chi connectivity index (χ2n) is 3.68. The summed E-state index contributed by atoms with van der Waals surface area (Å²) >= 11 is 0. The number of nitrogens with two attached hydrogens (primary N) is 2. The Hall–Kier alpha value is -2.34. The molecule has 0 saturated heterocycles. The number of ether oxygens (including phenoxy) is 1. The number of nitrogens with one attached hydrogen (secondary N) is 1.